The number of nitrogen functional groups attached to an aromatic ring is 1. The largest absolute Gasteiger partial charge is 0.384 e. The molecule has 19 heavy (non-hydrogen) atoms. The molecule has 0 unspecified atom stereocenters. The van der Waals surface area contributed by atoms with E-state index >= 15 is 0 Å². The molecule has 0 aromatic heterocycles. The average molecular weight is 280 g/mol. The molecule has 2 aromatic carbocycles. The van der Waals surface area contributed by atoms with E-state index < -0.39 is 5.82 Å². The van der Waals surface area contributed by atoms with Gasteiger partial charge in [-0.05, 0) is 17.7 Å². The van der Waals surface area contributed by atoms with E-state index in [9.17, 15) is 4.39 Å². The van der Waals surface area contributed by atoms with Crippen LogP contribution in [0.1, 0.15) is 11.1 Å². The highest BCUT2D eigenvalue weighted by Gasteiger charge is 2.10. The molecule has 0 atom stereocenters. The van der Waals surface area contributed by atoms with Gasteiger partial charge in [0.15, 0.2) is 0 Å². The van der Waals surface area contributed by atoms with Crippen LogP contribution in [0.2, 0.25) is 0 Å². The van der Waals surface area contributed by atoms with Crippen molar-refractivity contribution in [2.24, 2.45) is 5.73 Å². The quantitative estimate of drug-likeness (QED) is 0.595. The zero-order chi connectivity index (χ0) is 13.0. The van der Waals surface area contributed by atoms with Gasteiger partial charge in [-0.2, -0.15) is 0 Å². The molecule has 0 spiro atoms. The van der Waals surface area contributed by atoms with Gasteiger partial charge in [0, 0.05) is 12.2 Å². The number of hydrogen-bond acceptors (Lipinski definition) is 2. The summed E-state index contributed by atoms with van der Waals surface area (Å²) in [5.41, 5.74) is 7.12. The molecule has 0 saturated carbocycles. The fourth-order valence-electron chi connectivity index (χ4n) is 1.74. The molecule has 100 valence electrons. The van der Waals surface area contributed by atoms with Crippen LogP contribution in [0.5, 0.6) is 0 Å². The van der Waals surface area contributed by atoms with E-state index in [0.29, 0.717) is 12.2 Å². The summed E-state index contributed by atoms with van der Waals surface area (Å²) in [5.74, 6) is -0.760. The van der Waals surface area contributed by atoms with Crippen molar-refractivity contribution in [3.63, 3.8) is 0 Å². The smallest absolute Gasteiger partial charge is 0.136 e. The Hall–Kier alpha value is -2.07. The third-order valence-electron chi connectivity index (χ3n) is 2.61. The summed E-state index contributed by atoms with van der Waals surface area (Å²) in [4.78, 5) is 0. The average Bonchev–Trinajstić information content (AvgIpc) is 2.37. The second kappa shape index (κ2) is 6.75. The summed E-state index contributed by atoms with van der Waals surface area (Å²) < 4.78 is 13.6. The van der Waals surface area contributed by atoms with Gasteiger partial charge < -0.3 is 11.1 Å². The fraction of sp³-hybridized carbons (Fsp3) is 0.0714. The second-order valence-corrected chi connectivity index (χ2v) is 3.92. The Balaban J connectivity index is 0.00000180. The molecule has 2 rings (SSSR count). The normalized spacial score (nSPS) is 9.53. The molecule has 2 aromatic rings. The first kappa shape index (κ1) is 15.0. The maximum absolute atomic E-state index is 13.6. The molecule has 0 saturated heterocycles. The molecule has 0 radical (unpaired) electrons. The van der Waals surface area contributed by atoms with E-state index in [4.69, 9.17) is 11.1 Å². The van der Waals surface area contributed by atoms with Crippen LogP contribution in [-0.2, 0) is 6.54 Å². The minimum Gasteiger partial charge on any atom is -0.384 e. The van der Waals surface area contributed by atoms with Gasteiger partial charge in [-0.3, -0.25) is 5.41 Å². The van der Waals surface area contributed by atoms with Crippen molar-refractivity contribution in [2.45, 2.75) is 6.54 Å². The molecule has 0 bridgehead atoms. The maximum atomic E-state index is 13.6. The second-order valence-electron chi connectivity index (χ2n) is 3.92. The Labute approximate surface area is 117 Å². The molecule has 0 aliphatic heterocycles. The first-order chi connectivity index (χ1) is 8.68. The lowest BCUT2D eigenvalue weighted by molar-refractivity contribution is 0.625. The van der Waals surface area contributed by atoms with Gasteiger partial charge >= 0.3 is 0 Å². The number of amidine groups is 1. The van der Waals surface area contributed by atoms with Gasteiger partial charge in [-0.15, -0.1) is 12.4 Å². The highest BCUT2D eigenvalue weighted by atomic mass is 35.5. The maximum Gasteiger partial charge on any atom is 0.136 e. The van der Waals surface area contributed by atoms with Crippen LogP contribution in [0.15, 0.2) is 48.5 Å². The monoisotopic (exact) mass is 279 g/mol. The van der Waals surface area contributed by atoms with Crippen LogP contribution in [0.25, 0.3) is 0 Å². The van der Waals surface area contributed by atoms with Crippen LogP contribution >= 0.6 is 12.4 Å². The summed E-state index contributed by atoms with van der Waals surface area (Å²) >= 11 is 0. The number of nitrogens with two attached hydrogens (primary N) is 1. The number of hydrogen-bond donors (Lipinski definition) is 3. The number of anilines is 1. The Kier molecular flexibility index (Phi) is 5.33. The van der Waals surface area contributed by atoms with Crippen LogP contribution in [0.4, 0.5) is 10.1 Å². The molecule has 4 N–H and O–H groups in total. The van der Waals surface area contributed by atoms with E-state index in [1.54, 1.807) is 12.1 Å². The predicted molar refractivity (Wildman–Crippen MR) is 78.4 cm³/mol. The first-order valence-corrected chi connectivity index (χ1v) is 5.59. The minimum absolute atomic E-state index is 0. The van der Waals surface area contributed by atoms with Gasteiger partial charge in [0.05, 0.1) is 5.56 Å². The van der Waals surface area contributed by atoms with Gasteiger partial charge in [0.2, 0.25) is 0 Å². The third kappa shape index (κ3) is 3.69. The van der Waals surface area contributed by atoms with Crippen LogP contribution in [0.3, 0.4) is 0 Å². The summed E-state index contributed by atoms with van der Waals surface area (Å²) in [5, 5.41) is 10.5. The molecule has 3 nitrogen and oxygen atoms in total. The number of nitrogens with one attached hydrogen (secondary N) is 2. The Morgan fingerprint density at radius 2 is 1.79 bits per heavy atom. The summed E-state index contributed by atoms with van der Waals surface area (Å²) in [6.45, 7) is 0.560. The molecule has 0 amide bonds. The van der Waals surface area contributed by atoms with E-state index in [0.717, 1.165) is 5.56 Å². The highest BCUT2D eigenvalue weighted by Crippen LogP contribution is 2.19. The highest BCUT2D eigenvalue weighted by molar-refractivity contribution is 6.00. The number of halogens is 2. The van der Waals surface area contributed by atoms with Crippen molar-refractivity contribution in [2.75, 3.05) is 5.32 Å². The third-order valence-corrected chi connectivity index (χ3v) is 2.61. The Morgan fingerprint density at radius 1 is 1.11 bits per heavy atom. The molecule has 0 fully saturated rings. The summed E-state index contributed by atoms with van der Waals surface area (Å²) in [7, 11) is 0. The Morgan fingerprint density at radius 3 is 2.42 bits per heavy atom. The van der Waals surface area contributed by atoms with E-state index in [1.807, 2.05) is 30.3 Å². The van der Waals surface area contributed by atoms with Crippen LogP contribution in [0, 0.1) is 11.2 Å². The van der Waals surface area contributed by atoms with Gasteiger partial charge in [0.25, 0.3) is 0 Å². The summed E-state index contributed by atoms with van der Waals surface area (Å²) in [6.07, 6.45) is 0. The first-order valence-electron chi connectivity index (χ1n) is 5.59. The Bertz CT molecular complexity index is 558. The van der Waals surface area contributed by atoms with Crippen LogP contribution < -0.4 is 11.1 Å². The lowest BCUT2D eigenvalue weighted by atomic mass is 10.1. The number of rotatable bonds is 4. The molecule has 5 heteroatoms. The lowest BCUT2D eigenvalue weighted by Gasteiger charge is -2.11. The van der Waals surface area contributed by atoms with E-state index in [1.165, 1.54) is 6.07 Å². The lowest BCUT2D eigenvalue weighted by Crippen LogP contribution is -2.16. The fourth-order valence-corrected chi connectivity index (χ4v) is 1.74. The van der Waals surface area contributed by atoms with Gasteiger partial charge in [0.1, 0.15) is 11.7 Å². The van der Waals surface area contributed by atoms with Crippen molar-refractivity contribution in [3.05, 3.63) is 65.5 Å². The molecule has 0 aliphatic rings. The van der Waals surface area contributed by atoms with Gasteiger partial charge in [-0.25, -0.2) is 4.39 Å². The van der Waals surface area contributed by atoms with Crippen molar-refractivity contribution in [1.29, 1.82) is 5.41 Å². The topological polar surface area (TPSA) is 61.9 Å². The van der Waals surface area contributed by atoms with Crippen LogP contribution in [-0.4, -0.2) is 5.84 Å². The SMILES string of the molecule is Cl.N=C(N)c1c(F)cccc1NCc1ccccc1. The van der Waals surface area contributed by atoms with E-state index in [2.05, 4.69) is 5.32 Å². The van der Waals surface area contributed by atoms with E-state index in [-0.39, 0.29) is 23.8 Å². The van der Waals surface area contributed by atoms with Crippen molar-refractivity contribution in [3.8, 4) is 0 Å². The molecular formula is C14H15ClFN3. The molecular weight excluding hydrogens is 265 g/mol. The molecule has 0 aliphatic carbocycles. The zero-order valence-electron chi connectivity index (χ0n) is 10.2. The zero-order valence-corrected chi connectivity index (χ0v) is 11.0. The van der Waals surface area contributed by atoms with Crippen molar-refractivity contribution < 1.29 is 4.39 Å². The van der Waals surface area contributed by atoms with Crippen molar-refractivity contribution >= 4 is 23.9 Å². The standard InChI is InChI=1S/C14H14FN3.ClH/c15-11-7-4-8-12(13(11)14(16)17)18-9-10-5-2-1-3-6-10;/h1-8,18H,9H2,(H3,16,17);1H. The summed E-state index contributed by atoms with van der Waals surface area (Å²) in [6, 6.07) is 14.4. The van der Waals surface area contributed by atoms with Gasteiger partial charge in [-0.1, -0.05) is 36.4 Å². The predicted octanol–water partition coefficient (Wildman–Crippen LogP) is 3.14. The molecule has 0 heterocycles. The van der Waals surface area contributed by atoms with Crippen molar-refractivity contribution in [1.82, 2.24) is 0 Å². The minimum atomic E-state index is -0.486. The number of benzene rings is 2.